The minimum atomic E-state index is -1.44. The molecule has 0 fully saturated rings. The van der Waals surface area contributed by atoms with Crippen molar-refractivity contribution >= 4 is 12.3 Å². The summed E-state index contributed by atoms with van der Waals surface area (Å²) in [5.74, 6) is 0. The molecule has 184 valence electrons. The van der Waals surface area contributed by atoms with Crippen LogP contribution in [0, 0.1) is 0 Å². The van der Waals surface area contributed by atoms with Crippen molar-refractivity contribution in [1.82, 2.24) is 0 Å². The van der Waals surface area contributed by atoms with Gasteiger partial charge in [0.05, 0.1) is 0 Å². The topological polar surface area (TPSA) is 98.8 Å². The van der Waals surface area contributed by atoms with Gasteiger partial charge >= 0.3 is 12.3 Å². The van der Waals surface area contributed by atoms with Gasteiger partial charge in [-0.25, -0.2) is 9.78 Å². The molecule has 0 saturated carbocycles. The van der Waals surface area contributed by atoms with Gasteiger partial charge in [-0.2, -0.15) is 19.4 Å². The van der Waals surface area contributed by atoms with Gasteiger partial charge in [0.1, 0.15) is 11.2 Å². The number of ether oxygens (including phenoxy) is 1. The number of hydrogen-bond donors (Lipinski definition) is 0. The Labute approximate surface area is 186 Å². The standard InChI is InChI=1S/C22H42O9/c1-7-13-15-17-21(9-3,10-4)28-30-26-19(23)25-20(24)27-31-29-22(11-5,12-6)18-16-14-8-2/h7-18H2,1-6H3. The van der Waals surface area contributed by atoms with Crippen LogP contribution in [0.5, 0.6) is 0 Å². The van der Waals surface area contributed by atoms with E-state index < -0.39 is 23.5 Å². The van der Waals surface area contributed by atoms with Gasteiger partial charge < -0.3 is 4.74 Å². The maximum absolute atomic E-state index is 11.6. The number of carbonyl (C=O) groups is 2. The average molecular weight is 451 g/mol. The molecule has 0 bridgehead atoms. The van der Waals surface area contributed by atoms with Crippen LogP contribution in [-0.2, 0) is 34.4 Å². The summed E-state index contributed by atoms with van der Waals surface area (Å²) in [5, 5.41) is 9.14. The molecule has 0 unspecified atom stereocenters. The highest BCUT2D eigenvalue weighted by molar-refractivity contribution is 5.76. The van der Waals surface area contributed by atoms with Crippen molar-refractivity contribution in [3.8, 4) is 0 Å². The Hall–Kier alpha value is -1.42. The predicted molar refractivity (Wildman–Crippen MR) is 113 cm³/mol. The Kier molecular flexibility index (Phi) is 16.4. The molecule has 0 aromatic carbocycles. The Morgan fingerprint density at radius 2 is 0.935 bits per heavy atom. The van der Waals surface area contributed by atoms with Gasteiger partial charge in [-0.1, -0.05) is 80.1 Å². The molecule has 0 atom stereocenters. The number of unbranched alkanes of at least 4 members (excludes halogenated alkanes) is 4. The molecule has 9 nitrogen and oxygen atoms in total. The lowest BCUT2D eigenvalue weighted by Gasteiger charge is -2.28. The SMILES string of the molecule is CCCCCC(CC)(CC)OOOC(=O)OC(=O)OOOC(CC)(CC)CCCCC. The summed E-state index contributed by atoms with van der Waals surface area (Å²) in [6, 6.07) is 0. The second-order valence-electron chi connectivity index (χ2n) is 7.77. The highest BCUT2D eigenvalue weighted by Gasteiger charge is 2.31. The Morgan fingerprint density at radius 3 is 1.23 bits per heavy atom. The van der Waals surface area contributed by atoms with Crippen LogP contribution in [0.15, 0.2) is 0 Å². The minimum absolute atomic E-state index is 0.575. The fraction of sp³-hybridized carbons (Fsp3) is 0.909. The van der Waals surface area contributed by atoms with Crippen LogP contribution >= 0.6 is 0 Å². The van der Waals surface area contributed by atoms with Crippen molar-refractivity contribution in [3.63, 3.8) is 0 Å². The fourth-order valence-corrected chi connectivity index (χ4v) is 3.26. The summed E-state index contributed by atoms with van der Waals surface area (Å²) in [5.41, 5.74) is -1.15. The Morgan fingerprint density at radius 1 is 0.581 bits per heavy atom. The maximum Gasteiger partial charge on any atom is 0.553 e. The molecule has 0 aliphatic heterocycles. The molecule has 0 saturated heterocycles. The molecular formula is C22H42O9. The van der Waals surface area contributed by atoms with Crippen LogP contribution in [0.4, 0.5) is 9.59 Å². The summed E-state index contributed by atoms with van der Waals surface area (Å²) < 4.78 is 4.28. The molecule has 0 heterocycles. The molecule has 9 heteroatoms. The zero-order valence-corrected chi connectivity index (χ0v) is 20.2. The van der Waals surface area contributed by atoms with Crippen LogP contribution in [0.3, 0.4) is 0 Å². The van der Waals surface area contributed by atoms with Crippen LogP contribution in [-0.4, -0.2) is 23.5 Å². The summed E-state index contributed by atoms with van der Waals surface area (Å²) in [7, 11) is 0. The summed E-state index contributed by atoms with van der Waals surface area (Å²) >= 11 is 0. The first-order valence-electron chi connectivity index (χ1n) is 11.7. The highest BCUT2D eigenvalue weighted by Crippen LogP contribution is 2.29. The van der Waals surface area contributed by atoms with E-state index in [0.717, 1.165) is 51.4 Å². The largest absolute Gasteiger partial charge is 0.553 e. The lowest BCUT2D eigenvalue weighted by molar-refractivity contribution is -0.528. The summed E-state index contributed by atoms with van der Waals surface area (Å²) in [6.07, 6.45) is 7.55. The van der Waals surface area contributed by atoms with Crippen LogP contribution in [0.25, 0.3) is 0 Å². The van der Waals surface area contributed by atoms with E-state index in [9.17, 15) is 9.59 Å². The second kappa shape index (κ2) is 17.2. The lowest BCUT2D eigenvalue weighted by Crippen LogP contribution is -2.32. The second-order valence-corrected chi connectivity index (χ2v) is 7.77. The summed E-state index contributed by atoms with van der Waals surface area (Å²) in [6.45, 7) is 12.1. The van der Waals surface area contributed by atoms with Crippen molar-refractivity contribution in [2.24, 2.45) is 0 Å². The van der Waals surface area contributed by atoms with Crippen molar-refractivity contribution in [2.45, 2.75) is 130 Å². The zero-order valence-electron chi connectivity index (χ0n) is 20.2. The third kappa shape index (κ3) is 12.3. The molecule has 0 aliphatic carbocycles. The maximum atomic E-state index is 11.6. The number of hydrogen-bond acceptors (Lipinski definition) is 9. The molecule has 31 heavy (non-hydrogen) atoms. The Balaban J connectivity index is 4.31. The first kappa shape index (κ1) is 29.6. The monoisotopic (exact) mass is 450 g/mol. The Bertz CT molecular complexity index is 432. The van der Waals surface area contributed by atoms with Crippen LogP contribution in [0.2, 0.25) is 0 Å². The van der Waals surface area contributed by atoms with Gasteiger partial charge in [0.25, 0.3) is 0 Å². The number of carbonyl (C=O) groups excluding carboxylic acids is 2. The first-order chi connectivity index (χ1) is 14.9. The van der Waals surface area contributed by atoms with E-state index in [1.807, 2.05) is 27.7 Å². The smallest absolute Gasteiger partial charge is 0.323 e. The van der Waals surface area contributed by atoms with Gasteiger partial charge in [-0.05, 0) is 48.6 Å². The third-order valence-corrected chi connectivity index (χ3v) is 5.84. The van der Waals surface area contributed by atoms with Gasteiger partial charge in [-0.15, -0.1) is 0 Å². The third-order valence-electron chi connectivity index (χ3n) is 5.84. The van der Waals surface area contributed by atoms with E-state index >= 15 is 0 Å². The molecule has 0 rings (SSSR count). The molecule has 0 N–H and O–H groups in total. The van der Waals surface area contributed by atoms with Gasteiger partial charge in [0.15, 0.2) is 0 Å². The highest BCUT2D eigenvalue weighted by atomic mass is 17.5. The van der Waals surface area contributed by atoms with Gasteiger partial charge in [0.2, 0.25) is 0 Å². The van der Waals surface area contributed by atoms with Crippen LogP contribution < -0.4 is 0 Å². The fourth-order valence-electron chi connectivity index (χ4n) is 3.26. The van der Waals surface area contributed by atoms with E-state index in [-0.39, 0.29) is 0 Å². The molecule has 0 radical (unpaired) electrons. The minimum Gasteiger partial charge on any atom is -0.323 e. The van der Waals surface area contributed by atoms with Crippen molar-refractivity contribution in [2.75, 3.05) is 0 Å². The van der Waals surface area contributed by atoms with E-state index in [0.29, 0.717) is 25.7 Å². The van der Waals surface area contributed by atoms with Crippen molar-refractivity contribution in [3.05, 3.63) is 0 Å². The van der Waals surface area contributed by atoms with E-state index in [4.69, 9.17) is 9.78 Å². The normalized spacial score (nSPS) is 11.9. The first-order valence-corrected chi connectivity index (χ1v) is 11.7. The van der Waals surface area contributed by atoms with Crippen LogP contribution in [0.1, 0.15) is 119 Å². The predicted octanol–water partition coefficient (Wildman–Crippen LogP) is 7.28. The zero-order chi connectivity index (χ0) is 23.6. The van der Waals surface area contributed by atoms with Crippen molar-refractivity contribution in [1.29, 1.82) is 0 Å². The van der Waals surface area contributed by atoms with Gasteiger partial charge in [0, 0.05) is 0 Å². The molecule has 0 aromatic heterocycles. The van der Waals surface area contributed by atoms with Gasteiger partial charge in [-0.3, -0.25) is 0 Å². The molecule has 0 spiro atoms. The summed E-state index contributed by atoms with van der Waals surface area (Å²) in [4.78, 5) is 42.5. The lowest BCUT2D eigenvalue weighted by atomic mass is 9.91. The quantitative estimate of drug-likeness (QED) is 0.0701. The molecular weight excluding hydrogens is 408 g/mol. The van der Waals surface area contributed by atoms with E-state index in [1.165, 1.54) is 0 Å². The average Bonchev–Trinajstić information content (AvgIpc) is 2.77. The van der Waals surface area contributed by atoms with Crippen molar-refractivity contribution < 1.29 is 44.0 Å². The molecule has 0 amide bonds. The molecule has 0 aromatic rings. The number of rotatable bonds is 18. The van der Waals surface area contributed by atoms with E-state index in [2.05, 4.69) is 38.4 Å². The molecule has 0 aliphatic rings. The van der Waals surface area contributed by atoms with E-state index in [1.54, 1.807) is 0 Å².